The van der Waals surface area contributed by atoms with Gasteiger partial charge in [0, 0.05) is 61.2 Å². The predicted molar refractivity (Wildman–Crippen MR) is 219 cm³/mol. The highest BCUT2D eigenvalue weighted by Gasteiger charge is 2.52. The monoisotopic (exact) mass is 855 g/mol. The van der Waals surface area contributed by atoms with Crippen LogP contribution in [0.1, 0.15) is 57.4 Å². The zero-order valence-corrected chi connectivity index (χ0v) is 34.5. The summed E-state index contributed by atoms with van der Waals surface area (Å²) < 4.78 is 47.5. The average Bonchev–Trinajstić information content (AvgIpc) is 3.36. The molecule has 0 spiro atoms. The van der Waals surface area contributed by atoms with Crippen molar-refractivity contribution in [1.29, 1.82) is 5.26 Å². The van der Waals surface area contributed by atoms with Crippen LogP contribution in [-0.4, -0.2) is 101 Å². The molecule has 4 heterocycles. The van der Waals surface area contributed by atoms with E-state index in [0.29, 0.717) is 66.9 Å². The number of halogens is 4. The molecule has 0 bridgehead atoms. The maximum absolute atomic E-state index is 13.7. The Bertz CT molecular complexity index is 2160. The van der Waals surface area contributed by atoms with Gasteiger partial charge in [0.2, 0.25) is 17.7 Å². The molecule has 4 amide bonds. The highest BCUT2D eigenvalue weighted by Crippen LogP contribution is 2.43. The molecule has 59 heavy (non-hydrogen) atoms. The van der Waals surface area contributed by atoms with E-state index < -0.39 is 52.4 Å². The van der Waals surface area contributed by atoms with Gasteiger partial charge in [-0.15, -0.1) is 12.6 Å². The van der Waals surface area contributed by atoms with Gasteiger partial charge >= 0.3 is 6.18 Å². The number of amides is 4. The van der Waals surface area contributed by atoms with Gasteiger partial charge in [-0.25, -0.2) is 4.98 Å². The number of carbonyl (C=O) groups excluding carboxylic acids is 4. The maximum atomic E-state index is 13.7. The summed E-state index contributed by atoms with van der Waals surface area (Å²) in [7, 11) is 0. The number of nitrogens with zero attached hydrogens (tertiary/aromatic N) is 6. The van der Waals surface area contributed by atoms with Gasteiger partial charge in [-0.05, 0) is 81.6 Å². The van der Waals surface area contributed by atoms with E-state index in [1.165, 1.54) is 6.07 Å². The molecule has 0 aliphatic carbocycles. The maximum Gasteiger partial charge on any atom is 0.419 e. The van der Waals surface area contributed by atoms with Crippen LogP contribution in [0.2, 0.25) is 5.02 Å². The molecule has 314 valence electrons. The lowest BCUT2D eigenvalue weighted by Crippen LogP contribution is -2.53. The van der Waals surface area contributed by atoms with Crippen LogP contribution in [0.4, 0.5) is 35.9 Å². The molecular formula is C40H45ClF3N9O5S. The molecule has 14 nitrogen and oxygen atoms in total. The Labute approximate surface area is 350 Å². The second-order valence-corrected chi connectivity index (χ2v) is 16.0. The lowest BCUT2D eigenvalue weighted by atomic mass is 10.0. The molecule has 3 N–H and O–H groups in total. The second kappa shape index (κ2) is 17.6. The Morgan fingerprint density at radius 2 is 1.81 bits per heavy atom. The summed E-state index contributed by atoms with van der Waals surface area (Å²) in [5.41, 5.74) is -1.79. The number of alkyl halides is 3. The molecule has 3 aromatic rings. The summed E-state index contributed by atoms with van der Waals surface area (Å²) in [5.74, 6) is -0.740. The van der Waals surface area contributed by atoms with E-state index in [1.54, 1.807) is 43.0 Å². The van der Waals surface area contributed by atoms with Gasteiger partial charge in [0.05, 0.1) is 23.5 Å². The number of aryl methyl sites for hydroxylation is 1. The Kier molecular flexibility index (Phi) is 13.0. The quantitative estimate of drug-likeness (QED) is 0.139. The summed E-state index contributed by atoms with van der Waals surface area (Å²) in [6.45, 7) is 10.9. The number of piperazine rings is 1. The van der Waals surface area contributed by atoms with Gasteiger partial charge in [-0.2, -0.15) is 18.4 Å². The van der Waals surface area contributed by atoms with Crippen LogP contribution in [0, 0.1) is 11.3 Å². The topological polar surface area (TPSA) is 163 Å². The van der Waals surface area contributed by atoms with Gasteiger partial charge in [0.25, 0.3) is 5.91 Å². The Hall–Kier alpha value is -5.09. The standard InChI is InChI=1S/C40H45ClF3N9O5S/c1-5-24-16-28(53-38(59)52(37(57)39(53,3)4)29-20-30(40(42,43)44)32(21-45)46-22-29)6-8-33(24)58-15-14-50-10-12-51(13-11-50)23(2)35(55)48-27-18-25(41)17-26(19-27)47-31-7-9-34(54)49-36(31)56/h6,8,16-20,22-23,31,38,47,59H,5,7,9-15H2,1-4H3,(H,48,55)(H,49,54,56)/t23-,31-,38+/m1/s1. The van der Waals surface area contributed by atoms with Gasteiger partial charge in [-0.1, -0.05) is 18.5 Å². The molecule has 2 aromatic carbocycles. The molecule has 3 saturated heterocycles. The van der Waals surface area contributed by atoms with Crippen molar-refractivity contribution >= 4 is 70.6 Å². The molecular weight excluding hydrogens is 811 g/mol. The number of carbonyl (C=O) groups is 4. The third-order valence-corrected chi connectivity index (χ3v) is 11.5. The zero-order valence-electron chi connectivity index (χ0n) is 32.9. The number of benzene rings is 2. The molecule has 6 rings (SSSR count). The summed E-state index contributed by atoms with van der Waals surface area (Å²) >= 11 is 11.0. The second-order valence-electron chi connectivity index (χ2n) is 15.1. The highest BCUT2D eigenvalue weighted by atomic mass is 35.5. The summed E-state index contributed by atoms with van der Waals surface area (Å²) in [6, 6.07) is 11.7. The van der Waals surface area contributed by atoms with E-state index in [0.717, 1.165) is 35.8 Å². The van der Waals surface area contributed by atoms with E-state index >= 15 is 0 Å². The van der Waals surface area contributed by atoms with E-state index in [-0.39, 0.29) is 23.9 Å². The number of nitrogens with one attached hydrogen (secondary N) is 3. The molecule has 19 heteroatoms. The fourth-order valence-corrected chi connectivity index (χ4v) is 8.38. The number of anilines is 4. The minimum atomic E-state index is -4.84. The van der Waals surface area contributed by atoms with E-state index in [1.807, 2.05) is 26.0 Å². The van der Waals surface area contributed by atoms with Crippen molar-refractivity contribution in [3.05, 3.63) is 70.5 Å². The number of piperidine rings is 1. The van der Waals surface area contributed by atoms with E-state index in [2.05, 4.69) is 30.7 Å². The normalized spacial score (nSPS) is 20.6. The van der Waals surface area contributed by atoms with Crippen molar-refractivity contribution in [2.45, 2.75) is 76.3 Å². The third kappa shape index (κ3) is 9.54. The van der Waals surface area contributed by atoms with Crippen molar-refractivity contribution in [2.24, 2.45) is 0 Å². The van der Waals surface area contributed by atoms with Crippen molar-refractivity contribution in [3.8, 4) is 11.8 Å². The molecule has 3 atom stereocenters. The first-order chi connectivity index (χ1) is 27.9. The van der Waals surface area contributed by atoms with Gasteiger partial charge in [0.1, 0.15) is 30.0 Å². The third-order valence-electron chi connectivity index (χ3n) is 10.8. The number of pyridine rings is 1. The van der Waals surface area contributed by atoms with Crippen LogP contribution < -0.4 is 30.5 Å². The summed E-state index contributed by atoms with van der Waals surface area (Å²) in [5, 5.41) is 17.9. The number of nitriles is 1. The van der Waals surface area contributed by atoms with Crippen molar-refractivity contribution < 1.29 is 37.1 Å². The fourth-order valence-electron chi connectivity index (χ4n) is 7.49. The molecule has 3 aliphatic rings. The van der Waals surface area contributed by atoms with E-state index in [9.17, 15) is 37.6 Å². The lowest BCUT2D eigenvalue weighted by Gasteiger charge is -2.37. The smallest absolute Gasteiger partial charge is 0.419 e. The largest absolute Gasteiger partial charge is 0.492 e. The van der Waals surface area contributed by atoms with Crippen LogP contribution in [0.25, 0.3) is 0 Å². The van der Waals surface area contributed by atoms with Gasteiger partial charge in [0.15, 0.2) is 11.2 Å². The number of ether oxygens (including phenoxy) is 1. The fraction of sp³-hybridized carbons (Fsp3) is 0.450. The number of imide groups is 1. The molecule has 3 fully saturated rings. The average molecular weight is 856 g/mol. The number of rotatable bonds is 12. The molecule has 0 saturated carbocycles. The predicted octanol–water partition coefficient (Wildman–Crippen LogP) is 5.27. The van der Waals surface area contributed by atoms with Crippen LogP contribution in [0.5, 0.6) is 5.75 Å². The zero-order chi connectivity index (χ0) is 42.8. The van der Waals surface area contributed by atoms with Crippen LogP contribution >= 0.6 is 24.2 Å². The van der Waals surface area contributed by atoms with E-state index in [4.69, 9.17) is 29.0 Å². The SMILES string of the molecule is CCc1cc(N2[C@@H](S)N(c3cnc(C#N)c(C(F)(F)F)c3)C(=O)C2(C)C)ccc1OCCN1CCN([C@H](C)C(=O)Nc2cc(Cl)cc(N[C@@H]3CCC(=O)NC3=O)c2)CC1. The van der Waals surface area contributed by atoms with Crippen LogP contribution in [0.15, 0.2) is 48.7 Å². The number of hydrogen-bond donors (Lipinski definition) is 4. The molecule has 3 aliphatic heterocycles. The first-order valence-corrected chi connectivity index (χ1v) is 20.0. The Balaban J connectivity index is 1.01. The highest BCUT2D eigenvalue weighted by molar-refractivity contribution is 7.81. The molecule has 0 radical (unpaired) electrons. The summed E-state index contributed by atoms with van der Waals surface area (Å²) in [4.78, 5) is 61.6. The number of aromatic nitrogens is 1. The van der Waals surface area contributed by atoms with Crippen molar-refractivity contribution in [1.82, 2.24) is 20.1 Å². The lowest BCUT2D eigenvalue weighted by molar-refractivity contribution is -0.138. The Morgan fingerprint density at radius 1 is 1.10 bits per heavy atom. The Morgan fingerprint density at radius 3 is 2.47 bits per heavy atom. The number of hydrogen-bond acceptors (Lipinski definition) is 12. The first kappa shape index (κ1) is 43.5. The first-order valence-electron chi connectivity index (χ1n) is 19.1. The molecule has 0 unspecified atom stereocenters. The summed E-state index contributed by atoms with van der Waals surface area (Å²) in [6.07, 6.45) is -2.59. The van der Waals surface area contributed by atoms with Gasteiger partial charge < -0.3 is 20.3 Å². The van der Waals surface area contributed by atoms with Crippen molar-refractivity contribution in [3.63, 3.8) is 0 Å². The van der Waals surface area contributed by atoms with Gasteiger partial charge in [-0.3, -0.25) is 39.2 Å². The van der Waals surface area contributed by atoms with Crippen molar-refractivity contribution in [2.75, 3.05) is 59.8 Å². The minimum Gasteiger partial charge on any atom is -0.492 e. The van der Waals surface area contributed by atoms with Crippen LogP contribution in [-0.2, 0) is 31.8 Å². The number of thiol groups is 1. The minimum absolute atomic E-state index is 0.125. The molecule has 1 aromatic heterocycles. The van der Waals surface area contributed by atoms with Crippen LogP contribution in [0.3, 0.4) is 0 Å².